The molecule has 24 heavy (non-hydrogen) atoms. The van der Waals surface area contributed by atoms with E-state index in [1.807, 2.05) is 31.2 Å². The number of hydrogen-bond acceptors (Lipinski definition) is 4. The fraction of sp³-hybridized carbons (Fsp3) is 0.526. The van der Waals surface area contributed by atoms with Gasteiger partial charge in [-0.1, -0.05) is 39.0 Å². The van der Waals surface area contributed by atoms with Gasteiger partial charge >= 0.3 is 5.97 Å². The molecule has 0 saturated carbocycles. The van der Waals surface area contributed by atoms with E-state index >= 15 is 0 Å². The zero-order valence-electron chi connectivity index (χ0n) is 15.4. The van der Waals surface area contributed by atoms with Crippen LogP contribution in [0.15, 0.2) is 42.7 Å². The van der Waals surface area contributed by atoms with Crippen molar-refractivity contribution in [2.75, 3.05) is 0 Å². The van der Waals surface area contributed by atoms with Crippen molar-refractivity contribution in [3.05, 3.63) is 48.2 Å². The molecule has 5 heteroatoms. The summed E-state index contributed by atoms with van der Waals surface area (Å²) in [7, 11) is -1.99. The third kappa shape index (κ3) is 4.27. The summed E-state index contributed by atoms with van der Waals surface area (Å²) in [5, 5.41) is 0.0797. The van der Waals surface area contributed by atoms with E-state index in [4.69, 9.17) is 13.9 Å². The lowest BCUT2D eigenvalue weighted by molar-refractivity contribution is -0.0663. The Morgan fingerprint density at radius 1 is 1.17 bits per heavy atom. The molecule has 132 valence electrons. The van der Waals surface area contributed by atoms with Crippen molar-refractivity contribution in [3.8, 4) is 0 Å². The third-order valence-electron chi connectivity index (χ3n) is 4.84. The molecule has 1 aromatic rings. The van der Waals surface area contributed by atoms with Crippen LogP contribution in [0.3, 0.4) is 0 Å². The quantitative estimate of drug-likeness (QED) is 0.592. The molecule has 0 fully saturated rings. The standard InChI is InChI=1S/C19H28O4Si/c1-14-17(22-18(20)15-10-8-7-9-11-15)16(12-13-21-14)23-24(5,6)19(2,3)4/h7-14,16-17H,1-6H3/t14-,16-,17-/m1/s1. The second-order valence-corrected chi connectivity index (χ2v) is 12.5. The Morgan fingerprint density at radius 2 is 1.79 bits per heavy atom. The summed E-state index contributed by atoms with van der Waals surface area (Å²) in [6.45, 7) is 12.9. The van der Waals surface area contributed by atoms with Crippen LogP contribution in [-0.4, -0.2) is 32.6 Å². The SMILES string of the molecule is C[C@H]1OC=C[C@@H](O[Si](C)(C)C(C)(C)C)[C@@H]1OC(=O)c1ccccc1. The van der Waals surface area contributed by atoms with E-state index in [-0.39, 0.29) is 23.2 Å². The average molecular weight is 349 g/mol. The van der Waals surface area contributed by atoms with Gasteiger partial charge in [-0.15, -0.1) is 0 Å². The van der Waals surface area contributed by atoms with Crippen LogP contribution < -0.4 is 0 Å². The fourth-order valence-corrected chi connectivity index (χ4v) is 3.50. The highest BCUT2D eigenvalue weighted by atomic mass is 28.4. The Bertz CT molecular complexity index is 589. The molecule has 0 amide bonds. The lowest BCUT2D eigenvalue weighted by Crippen LogP contribution is -2.51. The molecule has 4 nitrogen and oxygen atoms in total. The highest BCUT2D eigenvalue weighted by Gasteiger charge is 2.43. The van der Waals surface area contributed by atoms with Gasteiger partial charge < -0.3 is 13.9 Å². The largest absolute Gasteiger partial charge is 0.495 e. The Morgan fingerprint density at radius 3 is 2.38 bits per heavy atom. The van der Waals surface area contributed by atoms with E-state index in [0.29, 0.717) is 5.56 Å². The second kappa shape index (κ2) is 7.11. The zero-order valence-corrected chi connectivity index (χ0v) is 16.4. The van der Waals surface area contributed by atoms with Crippen LogP contribution in [0.4, 0.5) is 0 Å². The first-order valence-corrected chi connectivity index (χ1v) is 11.3. The molecule has 0 N–H and O–H groups in total. The van der Waals surface area contributed by atoms with Gasteiger partial charge in [0.15, 0.2) is 14.4 Å². The normalized spacial score (nSPS) is 24.3. The highest BCUT2D eigenvalue weighted by Crippen LogP contribution is 2.38. The van der Waals surface area contributed by atoms with Crippen molar-refractivity contribution in [1.82, 2.24) is 0 Å². The number of carbonyl (C=O) groups is 1. The predicted molar refractivity (Wildman–Crippen MR) is 97.4 cm³/mol. The van der Waals surface area contributed by atoms with Crippen LogP contribution in [0.25, 0.3) is 0 Å². The lowest BCUT2D eigenvalue weighted by Gasteiger charge is -2.42. The van der Waals surface area contributed by atoms with Crippen LogP contribution in [0, 0.1) is 0 Å². The van der Waals surface area contributed by atoms with Crippen molar-refractivity contribution >= 4 is 14.3 Å². The third-order valence-corrected chi connectivity index (χ3v) is 9.31. The molecular weight excluding hydrogens is 320 g/mol. The fourth-order valence-electron chi connectivity index (χ4n) is 2.25. The van der Waals surface area contributed by atoms with E-state index < -0.39 is 14.4 Å². The maximum absolute atomic E-state index is 12.4. The van der Waals surface area contributed by atoms with Crippen LogP contribution >= 0.6 is 0 Å². The van der Waals surface area contributed by atoms with E-state index in [0.717, 1.165) is 0 Å². The van der Waals surface area contributed by atoms with E-state index in [9.17, 15) is 4.79 Å². The lowest BCUT2D eigenvalue weighted by atomic mass is 10.1. The van der Waals surface area contributed by atoms with E-state index in [1.165, 1.54) is 0 Å². The van der Waals surface area contributed by atoms with Crippen molar-refractivity contribution in [2.45, 2.75) is 64.1 Å². The van der Waals surface area contributed by atoms with Gasteiger partial charge in [0, 0.05) is 0 Å². The first-order chi connectivity index (χ1) is 11.1. The molecule has 1 aliphatic heterocycles. The molecule has 0 aliphatic carbocycles. The van der Waals surface area contributed by atoms with Crippen molar-refractivity contribution in [3.63, 3.8) is 0 Å². The van der Waals surface area contributed by atoms with Crippen molar-refractivity contribution in [1.29, 1.82) is 0 Å². The molecule has 3 atom stereocenters. The Kier molecular flexibility index (Phi) is 5.55. The number of benzene rings is 1. The molecule has 1 heterocycles. The van der Waals surface area contributed by atoms with E-state index in [1.54, 1.807) is 18.4 Å². The summed E-state index contributed by atoms with van der Waals surface area (Å²) in [6.07, 6.45) is 2.50. The van der Waals surface area contributed by atoms with Crippen LogP contribution in [0.2, 0.25) is 18.1 Å². The maximum Gasteiger partial charge on any atom is 0.338 e. The number of hydrogen-bond donors (Lipinski definition) is 0. The summed E-state index contributed by atoms with van der Waals surface area (Å²) < 4.78 is 17.7. The van der Waals surface area contributed by atoms with Gasteiger partial charge in [-0.2, -0.15) is 0 Å². The summed E-state index contributed by atoms with van der Waals surface area (Å²) in [6, 6.07) is 9.00. The molecule has 1 aromatic carbocycles. The van der Waals surface area contributed by atoms with Crippen LogP contribution in [0.1, 0.15) is 38.1 Å². The minimum Gasteiger partial charge on any atom is -0.495 e. The van der Waals surface area contributed by atoms with Crippen LogP contribution in [-0.2, 0) is 13.9 Å². The van der Waals surface area contributed by atoms with Gasteiger partial charge in [0.1, 0.15) is 12.2 Å². The zero-order chi connectivity index (χ0) is 18.0. The average Bonchev–Trinajstić information content (AvgIpc) is 2.50. The molecule has 0 unspecified atom stereocenters. The Hall–Kier alpha value is -1.59. The van der Waals surface area contributed by atoms with Gasteiger partial charge in [0.05, 0.1) is 11.8 Å². The monoisotopic (exact) mass is 348 g/mol. The van der Waals surface area contributed by atoms with Gasteiger partial charge in [0.2, 0.25) is 0 Å². The summed E-state index contributed by atoms with van der Waals surface area (Å²) in [5.41, 5.74) is 0.533. The topological polar surface area (TPSA) is 44.8 Å². The molecule has 1 aliphatic rings. The summed E-state index contributed by atoms with van der Waals surface area (Å²) >= 11 is 0. The van der Waals surface area contributed by atoms with Gasteiger partial charge in [0.25, 0.3) is 0 Å². The highest BCUT2D eigenvalue weighted by molar-refractivity contribution is 6.74. The molecule has 0 aromatic heterocycles. The first kappa shape index (κ1) is 18.7. The minimum absolute atomic E-state index is 0.0797. The van der Waals surface area contributed by atoms with Gasteiger partial charge in [-0.3, -0.25) is 0 Å². The first-order valence-electron chi connectivity index (χ1n) is 8.38. The van der Waals surface area contributed by atoms with Crippen molar-refractivity contribution in [2.24, 2.45) is 0 Å². The molecule has 0 saturated heterocycles. The molecular formula is C19H28O4Si. The second-order valence-electron chi connectivity index (χ2n) is 7.75. The summed E-state index contributed by atoms with van der Waals surface area (Å²) in [5.74, 6) is -0.352. The Labute approximate surface area is 145 Å². The molecule has 0 spiro atoms. The molecule has 0 radical (unpaired) electrons. The predicted octanol–water partition coefficient (Wildman–Crippen LogP) is 4.53. The van der Waals surface area contributed by atoms with E-state index in [2.05, 4.69) is 33.9 Å². The molecule has 2 rings (SSSR count). The Balaban J connectivity index is 2.16. The maximum atomic E-state index is 12.4. The van der Waals surface area contributed by atoms with Gasteiger partial charge in [-0.05, 0) is 43.3 Å². The number of ether oxygens (including phenoxy) is 2. The molecule has 0 bridgehead atoms. The number of carbonyl (C=O) groups excluding carboxylic acids is 1. The minimum atomic E-state index is -1.99. The number of esters is 1. The van der Waals surface area contributed by atoms with Crippen LogP contribution in [0.5, 0.6) is 0 Å². The smallest absolute Gasteiger partial charge is 0.338 e. The number of rotatable bonds is 4. The van der Waals surface area contributed by atoms with Crippen molar-refractivity contribution < 1.29 is 18.7 Å². The van der Waals surface area contributed by atoms with Gasteiger partial charge in [-0.25, -0.2) is 4.79 Å². The summed E-state index contributed by atoms with van der Waals surface area (Å²) in [4.78, 5) is 12.4.